The Morgan fingerprint density at radius 2 is 1.93 bits per heavy atom. The molecule has 1 amide bonds. The minimum absolute atomic E-state index is 0.386. The van der Waals surface area contributed by atoms with Gasteiger partial charge in [-0.05, 0) is 33.6 Å². The van der Waals surface area contributed by atoms with Crippen LogP contribution in [0, 0.1) is 0 Å². The molecule has 0 rings (SSSR count). The number of allylic oxidation sites excluding steroid dienone is 3. The Kier molecular flexibility index (Phi) is 7.42. The van der Waals surface area contributed by atoms with Crippen molar-refractivity contribution in [3.63, 3.8) is 0 Å². The maximum atomic E-state index is 10.7. The normalized spacial score (nSPS) is 10.8. The van der Waals surface area contributed by atoms with Gasteiger partial charge in [0, 0.05) is 6.54 Å². The first-order valence-corrected chi connectivity index (χ1v) is 5.17. The molecule has 0 fully saturated rings. The third-order valence-corrected chi connectivity index (χ3v) is 1.97. The third kappa shape index (κ3) is 9.06. The molecule has 0 radical (unpaired) electrons. The summed E-state index contributed by atoms with van der Waals surface area (Å²) in [5, 5.41) is 2.61. The van der Waals surface area contributed by atoms with E-state index in [0.717, 1.165) is 12.8 Å². The zero-order valence-corrected chi connectivity index (χ0v) is 10.1. The zero-order chi connectivity index (χ0) is 11.7. The number of nitrogens with one attached hydrogen (secondary N) is 1. The highest BCUT2D eigenvalue weighted by Gasteiger charge is 1.94. The number of methoxy groups -OCH3 is 1. The second-order valence-electron chi connectivity index (χ2n) is 3.74. The molecule has 0 heterocycles. The minimum atomic E-state index is -0.386. The predicted octanol–water partition coefficient (Wildman–Crippen LogP) is 3.04. The van der Waals surface area contributed by atoms with E-state index in [1.54, 1.807) is 0 Å². The van der Waals surface area contributed by atoms with E-state index in [2.05, 4.69) is 36.9 Å². The quantitative estimate of drug-likeness (QED) is 0.710. The van der Waals surface area contributed by atoms with Crippen LogP contribution in [0.1, 0.15) is 33.6 Å². The van der Waals surface area contributed by atoms with E-state index in [4.69, 9.17) is 0 Å². The Labute approximate surface area is 92.2 Å². The Morgan fingerprint density at radius 1 is 1.27 bits per heavy atom. The van der Waals surface area contributed by atoms with E-state index in [-0.39, 0.29) is 6.09 Å². The van der Waals surface area contributed by atoms with Crippen molar-refractivity contribution in [2.45, 2.75) is 33.6 Å². The summed E-state index contributed by atoms with van der Waals surface area (Å²) in [5.41, 5.74) is 2.62. The molecule has 1 N–H and O–H groups in total. The summed E-state index contributed by atoms with van der Waals surface area (Å²) in [4.78, 5) is 10.7. The predicted molar refractivity (Wildman–Crippen MR) is 62.8 cm³/mol. The van der Waals surface area contributed by atoms with Crippen LogP contribution in [0.4, 0.5) is 4.79 Å². The minimum Gasteiger partial charge on any atom is -0.453 e. The summed E-state index contributed by atoms with van der Waals surface area (Å²) in [6.07, 6.45) is 5.93. The van der Waals surface area contributed by atoms with Gasteiger partial charge in [0.05, 0.1) is 7.11 Å². The Hall–Kier alpha value is -1.25. The summed E-state index contributed by atoms with van der Waals surface area (Å²) < 4.78 is 4.46. The van der Waals surface area contributed by atoms with Gasteiger partial charge in [-0.15, -0.1) is 0 Å². The van der Waals surface area contributed by atoms with Gasteiger partial charge in [0.2, 0.25) is 0 Å². The van der Waals surface area contributed by atoms with Gasteiger partial charge in [-0.25, -0.2) is 4.79 Å². The lowest BCUT2D eigenvalue weighted by Gasteiger charge is -2.01. The average molecular weight is 211 g/mol. The monoisotopic (exact) mass is 211 g/mol. The molecule has 0 aliphatic heterocycles. The summed E-state index contributed by atoms with van der Waals surface area (Å²) in [5.74, 6) is 0. The number of rotatable bonds is 5. The van der Waals surface area contributed by atoms with E-state index < -0.39 is 0 Å². The summed E-state index contributed by atoms with van der Waals surface area (Å²) in [6.45, 7) is 6.79. The number of hydrogen-bond donors (Lipinski definition) is 1. The molecular formula is C12H21NO2. The van der Waals surface area contributed by atoms with Crippen LogP contribution in [0.5, 0.6) is 0 Å². The molecule has 0 aromatic rings. The molecule has 0 unspecified atom stereocenters. The fourth-order valence-corrected chi connectivity index (χ4v) is 1.07. The van der Waals surface area contributed by atoms with E-state index in [1.165, 1.54) is 18.3 Å². The van der Waals surface area contributed by atoms with Gasteiger partial charge >= 0.3 is 6.09 Å². The molecule has 3 nitrogen and oxygen atoms in total. The molecule has 0 aromatic heterocycles. The van der Waals surface area contributed by atoms with Gasteiger partial charge in [0.1, 0.15) is 0 Å². The lowest BCUT2D eigenvalue weighted by Crippen LogP contribution is -2.22. The van der Waals surface area contributed by atoms with Crippen molar-refractivity contribution in [1.29, 1.82) is 0 Å². The lowest BCUT2D eigenvalue weighted by atomic mass is 10.1. The fraction of sp³-hybridized carbons (Fsp3) is 0.583. The first kappa shape index (κ1) is 13.8. The van der Waals surface area contributed by atoms with Crippen LogP contribution in [0.3, 0.4) is 0 Å². The largest absolute Gasteiger partial charge is 0.453 e. The highest BCUT2D eigenvalue weighted by atomic mass is 16.5. The number of alkyl carbamates (subject to hydrolysis) is 1. The Bertz CT molecular complexity index is 250. The maximum Gasteiger partial charge on any atom is 0.407 e. The van der Waals surface area contributed by atoms with Crippen LogP contribution >= 0.6 is 0 Å². The van der Waals surface area contributed by atoms with Crippen LogP contribution in [-0.2, 0) is 4.74 Å². The number of amides is 1. The van der Waals surface area contributed by atoms with Crippen molar-refractivity contribution in [1.82, 2.24) is 5.32 Å². The summed E-state index contributed by atoms with van der Waals surface area (Å²) >= 11 is 0. The molecule has 86 valence electrons. The molecule has 0 spiro atoms. The number of hydrogen-bond acceptors (Lipinski definition) is 2. The van der Waals surface area contributed by atoms with Crippen molar-refractivity contribution in [2.75, 3.05) is 13.7 Å². The smallest absolute Gasteiger partial charge is 0.407 e. The number of carbonyl (C=O) groups excluding carboxylic acids is 1. The first-order chi connectivity index (χ1) is 7.06. The van der Waals surface area contributed by atoms with Gasteiger partial charge < -0.3 is 10.1 Å². The second kappa shape index (κ2) is 8.09. The topological polar surface area (TPSA) is 38.3 Å². The molecule has 0 atom stereocenters. The molecule has 0 aromatic carbocycles. The lowest BCUT2D eigenvalue weighted by molar-refractivity contribution is 0.172. The fourth-order valence-electron chi connectivity index (χ4n) is 1.07. The van der Waals surface area contributed by atoms with Crippen LogP contribution in [-0.4, -0.2) is 19.7 Å². The van der Waals surface area contributed by atoms with Crippen molar-refractivity contribution < 1.29 is 9.53 Å². The van der Waals surface area contributed by atoms with Crippen LogP contribution < -0.4 is 5.32 Å². The maximum absolute atomic E-state index is 10.7. The number of ether oxygens (including phenoxy) is 1. The Balaban J connectivity index is 3.70. The van der Waals surface area contributed by atoms with E-state index in [9.17, 15) is 4.79 Å². The SMILES string of the molecule is COC(=O)NC/C=C(/C)CCC=C(C)C. The van der Waals surface area contributed by atoms with Gasteiger partial charge in [-0.3, -0.25) is 0 Å². The summed E-state index contributed by atoms with van der Waals surface area (Å²) in [7, 11) is 1.36. The standard InChI is InChI=1S/C12H21NO2/c1-10(2)6-5-7-11(3)8-9-13-12(14)15-4/h6,8H,5,7,9H2,1-4H3,(H,13,14)/b11-8-. The Morgan fingerprint density at radius 3 is 2.47 bits per heavy atom. The molecule has 15 heavy (non-hydrogen) atoms. The molecule has 0 aliphatic carbocycles. The zero-order valence-electron chi connectivity index (χ0n) is 10.1. The van der Waals surface area contributed by atoms with E-state index >= 15 is 0 Å². The highest BCUT2D eigenvalue weighted by Crippen LogP contribution is 2.05. The van der Waals surface area contributed by atoms with Crippen molar-refractivity contribution in [2.24, 2.45) is 0 Å². The highest BCUT2D eigenvalue weighted by molar-refractivity contribution is 5.67. The van der Waals surface area contributed by atoms with Gasteiger partial charge in [0.15, 0.2) is 0 Å². The van der Waals surface area contributed by atoms with Crippen LogP contribution in [0.25, 0.3) is 0 Å². The molecule has 0 bridgehead atoms. The van der Waals surface area contributed by atoms with Crippen molar-refractivity contribution >= 4 is 6.09 Å². The molecular weight excluding hydrogens is 190 g/mol. The van der Waals surface area contributed by atoms with Crippen LogP contribution in [0.2, 0.25) is 0 Å². The van der Waals surface area contributed by atoms with Gasteiger partial charge in [-0.1, -0.05) is 23.3 Å². The van der Waals surface area contributed by atoms with Crippen molar-refractivity contribution in [3.05, 3.63) is 23.3 Å². The molecule has 0 saturated heterocycles. The molecule has 0 saturated carbocycles. The summed E-state index contributed by atoms with van der Waals surface area (Å²) in [6, 6.07) is 0. The van der Waals surface area contributed by atoms with Crippen molar-refractivity contribution in [3.8, 4) is 0 Å². The third-order valence-electron chi connectivity index (χ3n) is 1.97. The first-order valence-electron chi connectivity index (χ1n) is 5.17. The van der Waals surface area contributed by atoms with Crippen LogP contribution in [0.15, 0.2) is 23.3 Å². The van der Waals surface area contributed by atoms with E-state index in [0.29, 0.717) is 6.54 Å². The molecule has 3 heteroatoms. The average Bonchev–Trinajstić information content (AvgIpc) is 2.17. The van der Waals surface area contributed by atoms with Gasteiger partial charge in [-0.2, -0.15) is 0 Å². The molecule has 0 aliphatic rings. The second-order valence-corrected chi connectivity index (χ2v) is 3.74. The van der Waals surface area contributed by atoms with E-state index in [1.807, 2.05) is 6.08 Å². The number of carbonyl (C=O) groups is 1. The van der Waals surface area contributed by atoms with Gasteiger partial charge in [0.25, 0.3) is 0 Å².